The van der Waals surface area contributed by atoms with Gasteiger partial charge in [-0.05, 0) is 30.3 Å². The molecule has 4 rings (SSSR count). The van der Waals surface area contributed by atoms with Crippen molar-refractivity contribution < 1.29 is 9.72 Å². The SMILES string of the molecule is O=C(Nc1c(Cl)cc(Cl)cc1-c1nc2ccccc2s1)c1ccccc1[N+](=O)[O-]. The Morgan fingerprint density at radius 3 is 2.55 bits per heavy atom. The van der Waals surface area contributed by atoms with Gasteiger partial charge in [-0.2, -0.15) is 0 Å². The van der Waals surface area contributed by atoms with E-state index in [9.17, 15) is 14.9 Å². The quantitative estimate of drug-likeness (QED) is 0.290. The number of anilines is 1. The van der Waals surface area contributed by atoms with Crippen LogP contribution in [0.1, 0.15) is 10.4 Å². The highest BCUT2D eigenvalue weighted by Gasteiger charge is 2.22. The molecule has 0 atom stereocenters. The van der Waals surface area contributed by atoms with Crippen molar-refractivity contribution in [1.29, 1.82) is 0 Å². The molecule has 0 aliphatic carbocycles. The number of nitrogens with one attached hydrogen (secondary N) is 1. The monoisotopic (exact) mass is 443 g/mol. The second-order valence-electron chi connectivity index (χ2n) is 6.03. The zero-order valence-electron chi connectivity index (χ0n) is 14.6. The Labute approximate surface area is 178 Å². The van der Waals surface area contributed by atoms with E-state index in [4.69, 9.17) is 23.2 Å². The lowest BCUT2D eigenvalue weighted by Crippen LogP contribution is -2.15. The molecule has 0 radical (unpaired) electrons. The predicted molar refractivity (Wildman–Crippen MR) is 116 cm³/mol. The Morgan fingerprint density at radius 1 is 1.07 bits per heavy atom. The summed E-state index contributed by atoms with van der Waals surface area (Å²) in [7, 11) is 0. The lowest BCUT2D eigenvalue weighted by atomic mass is 10.1. The molecule has 1 heterocycles. The van der Waals surface area contributed by atoms with Crippen LogP contribution in [0, 0.1) is 10.1 Å². The van der Waals surface area contributed by atoms with Crippen molar-refractivity contribution in [2.24, 2.45) is 0 Å². The van der Waals surface area contributed by atoms with Crippen LogP contribution in [-0.2, 0) is 0 Å². The number of rotatable bonds is 4. The summed E-state index contributed by atoms with van der Waals surface area (Å²) in [5.74, 6) is -0.649. The van der Waals surface area contributed by atoms with Crippen molar-refractivity contribution in [3.8, 4) is 10.6 Å². The van der Waals surface area contributed by atoms with Crippen LogP contribution in [0.5, 0.6) is 0 Å². The number of amides is 1. The first-order chi connectivity index (χ1) is 13.9. The molecule has 1 N–H and O–H groups in total. The zero-order chi connectivity index (χ0) is 20.5. The molecule has 9 heteroatoms. The highest BCUT2D eigenvalue weighted by Crippen LogP contribution is 2.40. The number of halogens is 2. The number of para-hydroxylation sites is 2. The van der Waals surface area contributed by atoms with E-state index in [0.717, 1.165) is 10.2 Å². The maximum Gasteiger partial charge on any atom is 0.282 e. The van der Waals surface area contributed by atoms with Gasteiger partial charge < -0.3 is 5.32 Å². The van der Waals surface area contributed by atoms with E-state index in [1.54, 1.807) is 12.1 Å². The summed E-state index contributed by atoms with van der Waals surface area (Å²) in [6.45, 7) is 0. The van der Waals surface area contributed by atoms with Crippen LogP contribution in [0.15, 0.2) is 60.7 Å². The third-order valence-electron chi connectivity index (χ3n) is 4.16. The number of nitro benzene ring substituents is 1. The van der Waals surface area contributed by atoms with Crippen molar-refractivity contribution >= 4 is 62.0 Å². The van der Waals surface area contributed by atoms with Gasteiger partial charge in [-0.15, -0.1) is 11.3 Å². The molecule has 1 aromatic heterocycles. The third kappa shape index (κ3) is 3.80. The molecule has 0 bridgehead atoms. The van der Waals surface area contributed by atoms with Crippen molar-refractivity contribution in [2.45, 2.75) is 0 Å². The lowest BCUT2D eigenvalue weighted by molar-refractivity contribution is -0.385. The number of hydrogen-bond donors (Lipinski definition) is 1. The average molecular weight is 444 g/mol. The largest absolute Gasteiger partial charge is 0.320 e. The van der Waals surface area contributed by atoms with Gasteiger partial charge in [0.15, 0.2) is 0 Å². The van der Waals surface area contributed by atoms with Crippen LogP contribution in [0.3, 0.4) is 0 Å². The van der Waals surface area contributed by atoms with Crippen LogP contribution >= 0.6 is 34.5 Å². The molecule has 0 aliphatic rings. The standard InChI is InChI=1S/C20H11Cl2N3O3S/c21-11-9-13(20-23-15-6-2-4-8-17(15)29-20)18(14(22)10-11)24-19(26)12-5-1-3-7-16(12)25(27)28/h1-10H,(H,24,26). The summed E-state index contributed by atoms with van der Waals surface area (Å²) in [5.41, 5.74) is 1.27. The first-order valence-corrected chi connectivity index (χ1v) is 9.91. The van der Waals surface area contributed by atoms with E-state index in [-0.39, 0.29) is 16.3 Å². The molecule has 144 valence electrons. The molecule has 3 aromatic carbocycles. The molecule has 4 aromatic rings. The third-order valence-corrected chi connectivity index (χ3v) is 5.75. The summed E-state index contributed by atoms with van der Waals surface area (Å²) in [4.78, 5) is 28.0. The van der Waals surface area contributed by atoms with Crippen LogP contribution in [0.4, 0.5) is 11.4 Å². The Hall–Kier alpha value is -3.00. The summed E-state index contributed by atoms with van der Waals surface area (Å²) in [5, 5.41) is 15.2. The first-order valence-electron chi connectivity index (χ1n) is 8.34. The summed E-state index contributed by atoms with van der Waals surface area (Å²) in [6.07, 6.45) is 0. The molecule has 1 amide bonds. The van der Waals surface area contributed by atoms with E-state index in [2.05, 4.69) is 10.3 Å². The molecule has 0 unspecified atom stereocenters. The van der Waals surface area contributed by atoms with Crippen LogP contribution in [0.25, 0.3) is 20.8 Å². The van der Waals surface area contributed by atoms with E-state index in [1.165, 1.54) is 35.6 Å². The molecule has 0 spiro atoms. The Kier molecular flexibility index (Phi) is 5.19. The van der Waals surface area contributed by atoms with Crippen molar-refractivity contribution in [3.05, 3.63) is 86.4 Å². The topological polar surface area (TPSA) is 85.1 Å². The van der Waals surface area contributed by atoms with Crippen LogP contribution in [0.2, 0.25) is 10.0 Å². The zero-order valence-corrected chi connectivity index (χ0v) is 16.9. The van der Waals surface area contributed by atoms with Gasteiger partial charge >= 0.3 is 0 Å². The van der Waals surface area contributed by atoms with E-state index >= 15 is 0 Å². The molecule has 0 saturated carbocycles. The lowest BCUT2D eigenvalue weighted by Gasteiger charge is -2.12. The van der Waals surface area contributed by atoms with Gasteiger partial charge in [-0.25, -0.2) is 4.98 Å². The molecule has 0 fully saturated rings. The minimum Gasteiger partial charge on any atom is -0.320 e. The molecular weight excluding hydrogens is 433 g/mol. The first kappa shape index (κ1) is 19.3. The molecule has 0 aliphatic heterocycles. The number of thiazole rings is 1. The Morgan fingerprint density at radius 2 is 1.79 bits per heavy atom. The van der Waals surface area contributed by atoms with Gasteiger partial charge in [0.1, 0.15) is 10.6 Å². The van der Waals surface area contributed by atoms with Crippen molar-refractivity contribution in [2.75, 3.05) is 5.32 Å². The predicted octanol–water partition coefficient (Wildman–Crippen LogP) is 6.43. The fourth-order valence-corrected chi connectivity index (χ4v) is 4.39. The maximum absolute atomic E-state index is 12.8. The molecule has 0 saturated heterocycles. The number of aromatic nitrogens is 1. The van der Waals surface area contributed by atoms with Gasteiger partial charge in [-0.3, -0.25) is 14.9 Å². The number of nitro groups is 1. The van der Waals surface area contributed by atoms with Crippen LogP contribution < -0.4 is 5.32 Å². The number of hydrogen-bond acceptors (Lipinski definition) is 5. The van der Waals surface area contributed by atoms with Crippen molar-refractivity contribution in [3.63, 3.8) is 0 Å². The fraction of sp³-hybridized carbons (Fsp3) is 0. The van der Waals surface area contributed by atoms with Gasteiger partial charge in [0.25, 0.3) is 11.6 Å². The number of carbonyl (C=O) groups is 1. The highest BCUT2D eigenvalue weighted by molar-refractivity contribution is 7.21. The van der Waals surface area contributed by atoms with Gasteiger partial charge in [0.2, 0.25) is 0 Å². The van der Waals surface area contributed by atoms with Crippen molar-refractivity contribution in [1.82, 2.24) is 4.98 Å². The average Bonchev–Trinajstić information content (AvgIpc) is 3.13. The minimum absolute atomic E-state index is 0.0706. The second kappa shape index (κ2) is 7.79. The Bertz CT molecular complexity index is 1240. The fourth-order valence-electron chi connectivity index (χ4n) is 2.86. The summed E-state index contributed by atoms with van der Waals surface area (Å²) < 4.78 is 0.967. The highest BCUT2D eigenvalue weighted by atomic mass is 35.5. The number of carbonyl (C=O) groups excluding carboxylic acids is 1. The maximum atomic E-state index is 12.8. The van der Waals surface area contributed by atoms with Crippen LogP contribution in [-0.4, -0.2) is 15.8 Å². The molecule has 6 nitrogen and oxygen atoms in total. The second-order valence-corrected chi connectivity index (χ2v) is 7.90. The number of nitrogens with zero attached hydrogens (tertiary/aromatic N) is 2. The van der Waals surface area contributed by atoms with E-state index < -0.39 is 10.8 Å². The minimum atomic E-state index is -0.649. The number of benzene rings is 3. The normalized spacial score (nSPS) is 10.8. The summed E-state index contributed by atoms with van der Waals surface area (Å²) in [6, 6.07) is 16.5. The van der Waals surface area contributed by atoms with E-state index in [0.29, 0.717) is 21.3 Å². The molecule has 29 heavy (non-hydrogen) atoms. The summed E-state index contributed by atoms with van der Waals surface area (Å²) >= 11 is 14.0. The van der Waals surface area contributed by atoms with E-state index in [1.807, 2.05) is 24.3 Å². The molecular formula is C20H11Cl2N3O3S. The van der Waals surface area contributed by atoms with Gasteiger partial charge in [-0.1, -0.05) is 47.5 Å². The Balaban J connectivity index is 1.80. The van der Waals surface area contributed by atoms with Gasteiger partial charge in [0.05, 0.1) is 25.8 Å². The number of fused-ring (bicyclic) bond motifs is 1. The van der Waals surface area contributed by atoms with Gasteiger partial charge in [0, 0.05) is 16.7 Å². The smallest absolute Gasteiger partial charge is 0.282 e.